The molecule has 0 atom stereocenters. The van der Waals surface area contributed by atoms with Gasteiger partial charge in [0.15, 0.2) is 0 Å². The normalized spacial score (nSPS) is 11.2. The molecule has 0 aliphatic rings. The lowest BCUT2D eigenvalue weighted by atomic mass is 10.1. The first-order chi connectivity index (χ1) is 9.91. The van der Waals surface area contributed by atoms with Gasteiger partial charge in [-0.25, -0.2) is 0 Å². The van der Waals surface area contributed by atoms with Crippen LogP contribution < -0.4 is 4.74 Å². The van der Waals surface area contributed by atoms with Gasteiger partial charge in [0, 0.05) is 0 Å². The van der Waals surface area contributed by atoms with Crippen LogP contribution in [0.25, 0.3) is 6.08 Å². The monoisotopic (exact) mass is 312 g/mol. The quantitative estimate of drug-likeness (QED) is 0.716. The Morgan fingerprint density at radius 3 is 2.52 bits per heavy atom. The average Bonchev–Trinajstić information content (AvgIpc) is 2.45. The van der Waals surface area contributed by atoms with Crippen molar-refractivity contribution >= 4 is 17.7 Å². The summed E-state index contributed by atoms with van der Waals surface area (Å²) < 4.78 is 43.4. The third kappa shape index (κ3) is 3.79. The molecule has 0 bridgehead atoms. The van der Waals surface area contributed by atoms with Crippen molar-refractivity contribution in [1.29, 1.82) is 0 Å². The Morgan fingerprint density at radius 1 is 1.14 bits per heavy atom. The maximum Gasteiger partial charge on any atom is 0.416 e. The van der Waals surface area contributed by atoms with E-state index >= 15 is 0 Å². The molecule has 0 N–H and O–H groups in total. The zero-order chi connectivity index (χ0) is 15.5. The van der Waals surface area contributed by atoms with Gasteiger partial charge in [-0.15, -0.1) is 0 Å². The van der Waals surface area contributed by atoms with Gasteiger partial charge in [0.1, 0.15) is 12.4 Å². The predicted octanol–water partition coefficient (Wildman–Crippen LogP) is 5.58. The van der Waals surface area contributed by atoms with E-state index in [-0.39, 0.29) is 17.4 Å². The molecule has 0 aliphatic heterocycles. The second-order valence-corrected chi connectivity index (χ2v) is 4.74. The van der Waals surface area contributed by atoms with Crippen LogP contribution in [-0.4, -0.2) is 0 Å². The smallest absolute Gasteiger partial charge is 0.416 e. The lowest BCUT2D eigenvalue weighted by Gasteiger charge is -2.13. The second kappa shape index (κ2) is 6.22. The zero-order valence-corrected chi connectivity index (χ0v) is 11.7. The summed E-state index contributed by atoms with van der Waals surface area (Å²) in [5, 5.41) is 0.138. The van der Waals surface area contributed by atoms with Gasteiger partial charge >= 0.3 is 6.18 Å². The van der Waals surface area contributed by atoms with Crippen molar-refractivity contribution in [3.8, 4) is 5.75 Å². The molecule has 5 heteroatoms. The van der Waals surface area contributed by atoms with Crippen LogP contribution in [0.15, 0.2) is 49.0 Å². The summed E-state index contributed by atoms with van der Waals surface area (Å²) in [6, 6.07) is 10.3. The van der Waals surface area contributed by atoms with Crippen molar-refractivity contribution in [2.45, 2.75) is 12.8 Å². The number of benzene rings is 2. The van der Waals surface area contributed by atoms with Gasteiger partial charge in [-0.3, -0.25) is 0 Å². The third-order valence-corrected chi connectivity index (χ3v) is 3.23. The van der Waals surface area contributed by atoms with Gasteiger partial charge in [-0.05, 0) is 29.3 Å². The highest BCUT2D eigenvalue weighted by molar-refractivity contribution is 6.32. The summed E-state index contributed by atoms with van der Waals surface area (Å²) in [4.78, 5) is 0. The molecule has 21 heavy (non-hydrogen) atoms. The number of halogens is 4. The van der Waals surface area contributed by atoms with E-state index in [9.17, 15) is 13.2 Å². The number of hydrogen-bond acceptors (Lipinski definition) is 1. The topological polar surface area (TPSA) is 9.23 Å². The Morgan fingerprint density at radius 2 is 1.86 bits per heavy atom. The predicted molar refractivity (Wildman–Crippen MR) is 77.3 cm³/mol. The highest BCUT2D eigenvalue weighted by Crippen LogP contribution is 2.35. The van der Waals surface area contributed by atoms with Gasteiger partial charge in [-0.1, -0.05) is 48.5 Å². The molecule has 0 aliphatic carbocycles. The second-order valence-electron chi connectivity index (χ2n) is 4.33. The van der Waals surface area contributed by atoms with E-state index in [1.807, 2.05) is 24.3 Å². The first-order valence-electron chi connectivity index (χ1n) is 6.11. The summed E-state index contributed by atoms with van der Waals surface area (Å²) in [7, 11) is 0. The molecule has 0 spiro atoms. The van der Waals surface area contributed by atoms with Crippen LogP contribution in [0.2, 0.25) is 5.02 Å². The van der Waals surface area contributed by atoms with Crippen molar-refractivity contribution in [1.82, 2.24) is 0 Å². The molecule has 0 unspecified atom stereocenters. The molecule has 110 valence electrons. The van der Waals surface area contributed by atoms with Gasteiger partial charge in [-0.2, -0.15) is 13.2 Å². The Hall–Kier alpha value is -1.94. The molecule has 2 aromatic rings. The lowest BCUT2D eigenvalue weighted by molar-refractivity contribution is -0.137. The van der Waals surface area contributed by atoms with Crippen LogP contribution in [0.5, 0.6) is 5.75 Å². The molecule has 0 aromatic heterocycles. The third-order valence-electron chi connectivity index (χ3n) is 2.92. The van der Waals surface area contributed by atoms with Crippen molar-refractivity contribution in [3.05, 3.63) is 70.8 Å². The zero-order valence-electron chi connectivity index (χ0n) is 11.0. The van der Waals surface area contributed by atoms with Crippen LogP contribution in [-0.2, 0) is 12.8 Å². The lowest BCUT2D eigenvalue weighted by Crippen LogP contribution is -2.06. The van der Waals surface area contributed by atoms with E-state index in [1.54, 1.807) is 6.08 Å². The average molecular weight is 313 g/mol. The molecule has 2 rings (SSSR count). The van der Waals surface area contributed by atoms with Crippen molar-refractivity contribution in [2.75, 3.05) is 0 Å². The minimum Gasteiger partial charge on any atom is -0.487 e. The summed E-state index contributed by atoms with van der Waals surface area (Å²) >= 11 is 5.87. The van der Waals surface area contributed by atoms with Gasteiger partial charge in [0.25, 0.3) is 0 Å². The highest BCUT2D eigenvalue weighted by Gasteiger charge is 2.31. The van der Waals surface area contributed by atoms with E-state index in [0.717, 1.165) is 23.3 Å². The van der Waals surface area contributed by atoms with Crippen molar-refractivity contribution in [2.24, 2.45) is 0 Å². The minimum absolute atomic E-state index is 0.00496. The van der Waals surface area contributed by atoms with Crippen molar-refractivity contribution < 1.29 is 17.9 Å². The first kappa shape index (κ1) is 15.4. The Kier molecular flexibility index (Phi) is 4.58. The van der Waals surface area contributed by atoms with Crippen LogP contribution in [0.1, 0.15) is 16.7 Å². The Labute approximate surface area is 125 Å². The summed E-state index contributed by atoms with van der Waals surface area (Å²) in [5.41, 5.74) is 0.889. The van der Waals surface area contributed by atoms with Gasteiger partial charge in [0.2, 0.25) is 0 Å². The molecular weight excluding hydrogens is 301 g/mol. The standard InChI is InChI=1S/C16H12ClF3O/c1-2-11-5-3-4-6-12(11)10-21-15-9-13(16(18,19)20)7-8-14(15)17/h2-9H,1,10H2. The number of hydrogen-bond donors (Lipinski definition) is 0. The molecule has 0 fully saturated rings. The molecular formula is C16H12ClF3O. The van der Waals surface area contributed by atoms with Gasteiger partial charge in [0.05, 0.1) is 10.6 Å². The Balaban J connectivity index is 2.22. The number of alkyl halides is 3. The van der Waals surface area contributed by atoms with Gasteiger partial charge < -0.3 is 4.74 Å². The molecule has 0 saturated heterocycles. The SMILES string of the molecule is C=Cc1ccccc1COc1cc(C(F)(F)F)ccc1Cl. The molecule has 0 saturated carbocycles. The molecule has 0 amide bonds. The highest BCUT2D eigenvalue weighted by atomic mass is 35.5. The van der Waals surface area contributed by atoms with Crippen LogP contribution >= 0.6 is 11.6 Å². The molecule has 2 aromatic carbocycles. The van der Waals surface area contributed by atoms with E-state index in [1.165, 1.54) is 6.07 Å². The fourth-order valence-corrected chi connectivity index (χ4v) is 1.98. The van der Waals surface area contributed by atoms with Crippen molar-refractivity contribution in [3.63, 3.8) is 0 Å². The van der Waals surface area contributed by atoms with Crippen LogP contribution in [0.3, 0.4) is 0 Å². The number of ether oxygens (including phenoxy) is 1. The molecule has 0 radical (unpaired) electrons. The molecule has 1 nitrogen and oxygen atoms in total. The van der Waals surface area contributed by atoms with E-state index < -0.39 is 11.7 Å². The van der Waals surface area contributed by atoms with E-state index in [0.29, 0.717) is 0 Å². The fourth-order valence-electron chi connectivity index (χ4n) is 1.81. The fraction of sp³-hybridized carbons (Fsp3) is 0.125. The van der Waals surface area contributed by atoms with E-state index in [4.69, 9.17) is 16.3 Å². The number of rotatable bonds is 4. The summed E-state index contributed by atoms with van der Waals surface area (Å²) in [6.07, 6.45) is -2.77. The van der Waals surface area contributed by atoms with Crippen LogP contribution in [0, 0.1) is 0 Å². The van der Waals surface area contributed by atoms with E-state index in [2.05, 4.69) is 6.58 Å². The maximum atomic E-state index is 12.7. The van der Waals surface area contributed by atoms with Crippen LogP contribution in [0.4, 0.5) is 13.2 Å². The first-order valence-corrected chi connectivity index (χ1v) is 6.49. The minimum atomic E-state index is -4.43. The maximum absolute atomic E-state index is 12.7. The molecule has 0 heterocycles. The Bertz CT molecular complexity index is 650. The summed E-state index contributed by atoms with van der Waals surface area (Å²) in [5.74, 6) is 0.00496. The largest absolute Gasteiger partial charge is 0.487 e. The summed E-state index contributed by atoms with van der Waals surface area (Å²) in [6.45, 7) is 3.79.